The third kappa shape index (κ3) is 3.02. The molecule has 1 heterocycles. The number of carbonyl (C=O) groups excluding carboxylic acids is 1. The molecule has 1 aromatic heterocycles. The van der Waals surface area contributed by atoms with Crippen LogP contribution < -0.4 is 16.6 Å². The second kappa shape index (κ2) is 5.40. The first kappa shape index (κ1) is 12.9. The first-order valence-corrected chi connectivity index (χ1v) is 5.29. The number of aromatic nitrogens is 1. The number of hydrogen-bond donors (Lipinski definition) is 3. The first-order valence-electron chi connectivity index (χ1n) is 5.29. The van der Waals surface area contributed by atoms with E-state index < -0.39 is 17.5 Å². The van der Waals surface area contributed by atoms with E-state index in [2.05, 4.69) is 15.7 Å². The van der Waals surface area contributed by atoms with Crippen molar-refractivity contribution in [3.8, 4) is 0 Å². The van der Waals surface area contributed by atoms with Gasteiger partial charge in [0, 0.05) is 18.0 Å². The summed E-state index contributed by atoms with van der Waals surface area (Å²) in [4.78, 5) is 15.7. The van der Waals surface area contributed by atoms with E-state index in [1.807, 2.05) is 0 Å². The molecule has 0 atom stereocenters. The molecule has 0 unspecified atom stereocenters. The molecule has 0 saturated carbocycles. The average molecular weight is 264 g/mol. The molecule has 0 aliphatic carbocycles. The molecule has 0 aliphatic rings. The number of halogens is 2. The zero-order valence-electron chi connectivity index (χ0n) is 9.65. The highest BCUT2D eigenvalue weighted by Crippen LogP contribution is 2.14. The maximum atomic E-state index is 13.0. The highest BCUT2D eigenvalue weighted by Gasteiger charge is 2.08. The van der Waals surface area contributed by atoms with Crippen molar-refractivity contribution in [2.45, 2.75) is 0 Å². The van der Waals surface area contributed by atoms with Gasteiger partial charge in [-0.15, -0.1) is 0 Å². The zero-order chi connectivity index (χ0) is 13.8. The predicted molar refractivity (Wildman–Crippen MR) is 66.4 cm³/mol. The molecular formula is C12H10F2N4O. The molecule has 1 aromatic carbocycles. The number of nitrogens with two attached hydrogens (primary N) is 1. The highest BCUT2D eigenvalue weighted by molar-refractivity contribution is 6.04. The molecule has 0 radical (unpaired) electrons. The summed E-state index contributed by atoms with van der Waals surface area (Å²) in [6.07, 6.45) is 1.31. The fraction of sp³-hybridized carbons (Fsp3) is 0. The number of carbonyl (C=O) groups is 1. The number of nitrogens with zero attached hydrogens (tertiary/aromatic N) is 1. The van der Waals surface area contributed by atoms with Gasteiger partial charge in [0.1, 0.15) is 5.82 Å². The second-order valence-electron chi connectivity index (χ2n) is 3.66. The second-order valence-corrected chi connectivity index (χ2v) is 3.66. The Morgan fingerprint density at radius 2 is 1.95 bits per heavy atom. The minimum atomic E-state index is -1.03. The van der Waals surface area contributed by atoms with Gasteiger partial charge in [-0.1, -0.05) is 0 Å². The summed E-state index contributed by atoms with van der Waals surface area (Å²) in [6, 6.07) is 6.11. The van der Waals surface area contributed by atoms with Gasteiger partial charge >= 0.3 is 0 Å². The van der Waals surface area contributed by atoms with Gasteiger partial charge in [-0.25, -0.2) is 19.6 Å². The fourth-order valence-corrected chi connectivity index (χ4v) is 1.39. The lowest BCUT2D eigenvalue weighted by atomic mass is 10.2. The van der Waals surface area contributed by atoms with Gasteiger partial charge < -0.3 is 10.7 Å². The summed E-state index contributed by atoms with van der Waals surface area (Å²) < 4.78 is 25.7. The number of benzene rings is 1. The quantitative estimate of drug-likeness (QED) is 0.584. The predicted octanol–water partition coefficient (Wildman–Crippen LogP) is 1.90. The SMILES string of the molecule is NNc1ccc(C(=O)Nc2ccc(F)c(F)c2)cn1. The summed E-state index contributed by atoms with van der Waals surface area (Å²) in [5.74, 6) is 3.06. The lowest BCUT2D eigenvalue weighted by Crippen LogP contribution is -2.14. The van der Waals surface area contributed by atoms with Crippen molar-refractivity contribution in [2.75, 3.05) is 10.7 Å². The molecule has 0 bridgehead atoms. The Bertz CT molecular complexity index is 601. The average Bonchev–Trinajstić information content (AvgIpc) is 2.43. The van der Waals surface area contributed by atoms with Crippen LogP contribution in [0.1, 0.15) is 10.4 Å². The summed E-state index contributed by atoms with van der Waals surface area (Å²) in [6.45, 7) is 0. The molecule has 7 heteroatoms. The minimum Gasteiger partial charge on any atom is -0.322 e. The maximum absolute atomic E-state index is 13.0. The number of nitrogens with one attached hydrogen (secondary N) is 2. The van der Waals surface area contributed by atoms with Crippen molar-refractivity contribution >= 4 is 17.4 Å². The molecule has 1 amide bonds. The van der Waals surface area contributed by atoms with E-state index in [1.54, 1.807) is 0 Å². The van der Waals surface area contributed by atoms with Crippen LogP contribution in [0, 0.1) is 11.6 Å². The first-order chi connectivity index (χ1) is 9.10. The van der Waals surface area contributed by atoms with Crippen molar-refractivity contribution in [3.05, 3.63) is 53.7 Å². The number of amides is 1. The van der Waals surface area contributed by atoms with Gasteiger partial charge in [-0.2, -0.15) is 0 Å². The van der Waals surface area contributed by atoms with Crippen LogP contribution in [0.15, 0.2) is 36.5 Å². The van der Waals surface area contributed by atoms with E-state index in [0.29, 0.717) is 5.82 Å². The van der Waals surface area contributed by atoms with E-state index in [0.717, 1.165) is 12.1 Å². The Labute approximate surface area is 107 Å². The maximum Gasteiger partial charge on any atom is 0.257 e. The van der Waals surface area contributed by atoms with Gasteiger partial charge in [0.25, 0.3) is 5.91 Å². The van der Waals surface area contributed by atoms with Gasteiger partial charge in [-0.05, 0) is 24.3 Å². The molecule has 2 rings (SSSR count). The summed E-state index contributed by atoms with van der Waals surface area (Å²) in [5, 5.41) is 2.43. The monoisotopic (exact) mass is 264 g/mol. The molecule has 5 nitrogen and oxygen atoms in total. The Morgan fingerprint density at radius 1 is 1.16 bits per heavy atom. The zero-order valence-corrected chi connectivity index (χ0v) is 9.65. The van der Waals surface area contributed by atoms with Crippen LogP contribution in [0.3, 0.4) is 0 Å². The summed E-state index contributed by atoms with van der Waals surface area (Å²) >= 11 is 0. The van der Waals surface area contributed by atoms with Crippen molar-refractivity contribution < 1.29 is 13.6 Å². The number of hydrazine groups is 1. The van der Waals surface area contributed by atoms with E-state index in [-0.39, 0.29) is 11.3 Å². The van der Waals surface area contributed by atoms with E-state index in [1.165, 1.54) is 24.4 Å². The van der Waals surface area contributed by atoms with E-state index in [9.17, 15) is 13.6 Å². The summed E-state index contributed by atoms with van der Waals surface area (Å²) in [5.41, 5.74) is 2.75. The van der Waals surface area contributed by atoms with Crippen molar-refractivity contribution in [2.24, 2.45) is 5.84 Å². The topological polar surface area (TPSA) is 80.0 Å². The Balaban J connectivity index is 2.13. The van der Waals surface area contributed by atoms with Crippen LogP contribution in [-0.2, 0) is 0 Å². The van der Waals surface area contributed by atoms with Gasteiger partial charge in [-0.3, -0.25) is 4.79 Å². The molecule has 98 valence electrons. The van der Waals surface area contributed by atoms with Gasteiger partial charge in [0.2, 0.25) is 0 Å². The third-order valence-corrected chi connectivity index (χ3v) is 2.35. The molecule has 0 aliphatic heterocycles. The number of rotatable bonds is 3. The van der Waals surface area contributed by atoms with Crippen molar-refractivity contribution in [1.82, 2.24) is 4.98 Å². The Kier molecular flexibility index (Phi) is 3.67. The molecule has 0 spiro atoms. The van der Waals surface area contributed by atoms with Crippen LogP contribution in [0.2, 0.25) is 0 Å². The number of hydrogen-bond acceptors (Lipinski definition) is 4. The Morgan fingerprint density at radius 3 is 2.53 bits per heavy atom. The van der Waals surface area contributed by atoms with E-state index >= 15 is 0 Å². The van der Waals surface area contributed by atoms with Gasteiger partial charge in [0.05, 0.1) is 5.56 Å². The van der Waals surface area contributed by atoms with E-state index in [4.69, 9.17) is 5.84 Å². The molecule has 0 saturated heterocycles. The standard InChI is InChI=1S/C12H10F2N4O/c13-9-3-2-8(5-10(9)14)17-12(19)7-1-4-11(18-15)16-6-7/h1-6H,15H2,(H,16,18)(H,17,19). The van der Waals surface area contributed by atoms with Gasteiger partial charge in [0.15, 0.2) is 11.6 Å². The molecular weight excluding hydrogens is 254 g/mol. The largest absolute Gasteiger partial charge is 0.322 e. The lowest BCUT2D eigenvalue weighted by molar-refractivity contribution is 0.102. The van der Waals surface area contributed by atoms with Crippen LogP contribution in [0.4, 0.5) is 20.3 Å². The van der Waals surface area contributed by atoms with Crippen LogP contribution in [0.5, 0.6) is 0 Å². The smallest absolute Gasteiger partial charge is 0.257 e. The van der Waals surface area contributed by atoms with Crippen molar-refractivity contribution in [3.63, 3.8) is 0 Å². The molecule has 2 aromatic rings. The molecule has 0 fully saturated rings. The third-order valence-electron chi connectivity index (χ3n) is 2.35. The Hall–Kier alpha value is -2.54. The van der Waals surface area contributed by atoms with Crippen molar-refractivity contribution in [1.29, 1.82) is 0 Å². The number of anilines is 2. The molecule has 4 N–H and O–H groups in total. The molecule has 19 heavy (non-hydrogen) atoms. The summed E-state index contributed by atoms with van der Waals surface area (Å²) in [7, 11) is 0. The minimum absolute atomic E-state index is 0.157. The highest BCUT2D eigenvalue weighted by atomic mass is 19.2. The number of nitrogen functional groups attached to an aromatic ring is 1. The van der Waals surface area contributed by atoms with Crippen LogP contribution in [0.25, 0.3) is 0 Å². The van der Waals surface area contributed by atoms with Crippen LogP contribution >= 0.6 is 0 Å². The number of pyridine rings is 1. The fourth-order valence-electron chi connectivity index (χ4n) is 1.39. The normalized spacial score (nSPS) is 10.1. The lowest BCUT2D eigenvalue weighted by Gasteiger charge is -2.06. The van der Waals surface area contributed by atoms with Crippen LogP contribution in [-0.4, -0.2) is 10.9 Å².